The molecule has 104 valence electrons. The van der Waals surface area contributed by atoms with Crippen LogP contribution in [0.5, 0.6) is 0 Å². The SMILES string of the molecule is CC1(C)CN(C(=O)O)CC/C1=C\C#Cc1ccccn1. The summed E-state index contributed by atoms with van der Waals surface area (Å²) >= 11 is 0. The molecule has 4 nitrogen and oxygen atoms in total. The van der Waals surface area contributed by atoms with Crippen LogP contribution in [0.3, 0.4) is 0 Å². The van der Waals surface area contributed by atoms with E-state index in [1.807, 2.05) is 24.3 Å². The van der Waals surface area contributed by atoms with E-state index in [1.54, 1.807) is 6.20 Å². The summed E-state index contributed by atoms with van der Waals surface area (Å²) in [5, 5.41) is 9.05. The summed E-state index contributed by atoms with van der Waals surface area (Å²) < 4.78 is 0. The number of aromatic nitrogens is 1. The Morgan fingerprint density at radius 1 is 1.50 bits per heavy atom. The highest BCUT2D eigenvalue weighted by Gasteiger charge is 2.32. The van der Waals surface area contributed by atoms with Gasteiger partial charge in [0.05, 0.1) is 0 Å². The number of nitrogens with zero attached hydrogens (tertiary/aromatic N) is 2. The lowest BCUT2D eigenvalue weighted by molar-refractivity contribution is 0.117. The fourth-order valence-electron chi connectivity index (χ4n) is 2.32. The van der Waals surface area contributed by atoms with E-state index in [9.17, 15) is 4.79 Å². The van der Waals surface area contributed by atoms with Crippen molar-refractivity contribution in [2.75, 3.05) is 13.1 Å². The van der Waals surface area contributed by atoms with Crippen LogP contribution in [0.2, 0.25) is 0 Å². The summed E-state index contributed by atoms with van der Waals surface area (Å²) in [4.78, 5) is 16.6. The van der Waals surface area contributed by atoms with Crippen LogP contribution in [-0.2, 0) is 0 Å². The maximum atomic E-state index is 11.0. The number of amides is 1. The van der Waals surface area contributed by atoms with Crippen molar-refractivity contribution >= 4 is 6.09 Å². The van der Waals surface area contributed by atoms with E-state index in [0.717, 1.165) is 12.1 Å². The number of pyridine rings is 1. The Bertz CT molecular complexity index is 579. The lowest BCUT2D eigenvalue weighted by atomic mass is 9.79. The second kappa shape index (κ2) is 5.79. The van der Waals surface area contributed by atoms with Gasteiger partial charge in [0.15, 0.2) is 0 Å². The number of piperidine rings is 1. The first-order chi connectivity index (χ1) is 9.49. The Balaban J connectivity index is 2.12. The molecule has 0 atom stereocenters. The zero-order valence-corrected chi connectivity index (χ0v) is 11.8. The van der Waals surface area contributed by atoms with E-state index in [2.05, 4.69) is 30.7 Å². The Labute approximate surface area is 119 Å². The minimum absolute atomic E-state index is 0.171. The van der Waals surface area contributed by atoms with Crippen LogP contribution in [0, 0.1) is 17.3 Å². The van der Waals surface area contributed by atoms with E-state index < -0.39 is 6.09 Å². The van der Waals surface area contributed by atoms with Crippen LogP contribution < -0.4 is 0 Å². The van der Waals surface area contributed by atoms with E-state index in [4.69, 9.17) is 5.11 Å². The number of hydrogen-bond acceptors (Lipinski definition) is 2. The van der Waals surface area contributed by atoms with Gasteiger partial charge in [-0.05, 0) is 30.6 Å². The third kappa shape index (κ3) is 3.39. The monoisotopic (exact) mass is 270 g/mol. The lowest BCUT2D eigenvalue weighted by Gasteiger charge is -2.38. The smallest absolute Gasteiger partial charge is 0.407 e. The van der Waals surface area contributed by atoms with Crippen molar-refractivity contribution in [1.29, 1.82) is 0 Å². The molecule has 1 aliphatic rings. The number of likely N-dealkylation sites (tertiary alicyclic amines) is 1. The minimum atomic E-state index is -0.850. The molecule has 1 saturated heterocycles. The van der Waals surface area contributed by atoms with Crippen LogP contribution in [-0.4, -0.2) is 34.2 Å². The minimum Gasteiger partial charge on any atom is -0.465 e. The highest BCUT2D eigenvalue weighted by Crippen LogP contribution is 2.33. The summed E-state index contributed by atoms with van der Waals surface area (Å²) in [7, 11) is 0. The molecule has 1 aromatic heterocycles. The van der Waals surface area contributed by atoms with Crippen molar-refractivity contribution in [3.05, 3.63) is 41.7 Å². The van der Waals surface area contributed by atoms with Gasteiger partial charge in [0.1, 0.15) is 5.69 Å². The van der Waals surface area contributed by atoms with Gasteiger partial charge in [-0.15, -0.1) is 0 Å². The molecule has 0 aliphatic carbocycles. The highest BCUT2D eigenvalue weighted by molar-refractivity contribution is 5.65. The van der Waals surface area contributed by atoms with Crippen molar-refractivity contribution in [3.63, 3.8) is 0 Å². The molecule has 1 fully saturated rings. The molecule has 0 saturated carbocycles. The number of allylic oxidation sites excluding steroid dienone is 1. The third-order valence-electron chi connectivity index (χ3n) is 3.49. The Morgan fingerprint density at radius 2 is 2.30 bits per heavy atom. The molecule has 1 amide bonds. The van der Waals surface area contributed by atoms with Gasteiger partial charge in [0.2, 0.25) is 0 Å². The summed E-state index contributed by atoms with van der Waals surface area (Å²) in [6.07, 6.45) is 3.51. The molecule has 1 aliphatic heterocycles. The average molecular weight is 270 g/mol. The predicted molar refractivity (Wildman–Crippen MR) is 77.2 cm³/mol. The number of carbonyl (C=O) groups is 1. The van der Waals surface area contributed by atoms with Crippen molar-refractivity contribution in [3.8, 4) is 11.8 Å². The Morgan fingerprint density at radius 3 is 2.90 bits per heavy atom. The first-order valence-corrected chi connectivity index (χ1v) is 6.59. The van der Waals surface area contributed by atoms with E-state index >= 15 is 0 Å². The van der Waals surface area contributed by atoms with Crippen LogP contribution in [0.4, 0.5) is 4.79 Å². The van der Waals surface area contributed by atoms with Crippen molar-refractivity contribution in [1.82, 2.24) is 9.88 Å². The van der Waals surface area contributed by atoms with Crippen molar-refractivity contribution in [2.24, 2.45) is 5.41 Å². The fourth-order valence-corrected chi connectivity index (χ4v) is 2.32. The zero-order valence-electron chi connectivity index (χ0n) is 11.8. The topological polar surface area (TPSA) is 53.4 Å². The molecule has 2 heterocycles. The van der Waals surface area contributed by atoms with Crippen LogP contribution >= 0.6 is 0 Å². The molecular weight excluding hydrogens is 252 g/mol. The summed E-state index contributed by atoms with van der Waals surface area (Å²) in [6.45, 7) is 5.15. The van der Waals surface area contributed by atoms with Crippen molar-refractivity contribution < 1.29 is 9.90 Å². The van der Waals surface area contributed by atoms with E-state index in [0.29, 0.717) is 13.1 Å². The van der Waals surface area contributed by atoms with Gasteiger partial charge in [-0.25, -0.2) is 9.78 Å². The zero-order chi connectivity index (χ0) is 14.6. The number of carboxylic acid groups (broad SMARTS) is 1. The van der Waals surface area contributed by atoms with Gasteiger partial charge in [0.25, 0.3) is 0 Å². The van der Waals surface area contributed by atoms with Gasteiger partial charge < -0.3 is 10.0 Å². The Hall–Kier alpha value is -2.28. The van der Waals surface area contributed by atoms with E-state index in [1.165, 1.54) is 10.5 Å². The average Bonchev–Trinajstić information content (AvgIpc) is 2.41. The molecule has 0 aromatic carbocycles. The molecule has 0 spiro atoms. The Kier molecular flexibility index (Phi) is 4.09. The molecular formula is C16H18N2O2. The maximum Gasteiger partial charge on any atom is 0.407 e. The van der Waals surface area contributed by atoms with E-state index in [-0.39, 0.29) is 5.41 Å². The summed E-state index contributed by atoms with van der Waals surface area (Å²) in [5.74, 6) is 6.03. The molecule has 20 heavy (non-hydrogen) atoms. The van der Waals surface area contributed by atoms with Gasteiger partial charge >= 0.3 is 6.09 Å². The number of hydrogen-bond donors (Lipinski definition) is 1. The fraction of sp³-hybridized carbons (Fsp3) is 0.375. The molecule has 0 radical (unpaired) electrons. The van der Waals surface area contributed by atoms with Gasteiger partial charge in [-0.2, -0.15) is 0 Å². The molecule has 1 aromatic rings. The van der Waals surface area contributed by atoms with Gasteiger partial charge in [-0.1, -0.05) is 31.4 Å². The van der Waals surface area contributed by atoms with Crippen molar-refractivity contribution in [2.45, 2.75) is 20.3 Å². The molecule has 1 N–H and O–H groups in total. The first-order valence-electron chi connectivity index (χ1n) is 6.59. The first kappa shape index (κ1) is 14.1. The summed E-state index contributed by atoms with van der Waals surface area (Å²) in [5.41, 5.74) is 1.76. The quantitative estimate of drug-likeness (QED) is 0.737. The lowest BCUT2D eigenvalue weighted by Crippen LogP contribution is -2.44. The normalized spacial score (nSPS) is 19.3. The second-order valence-corrected chi connectivity index (χ2v) is 5.49. The largest absolute Gasteiger partial charge is 0.465 e. The standard InChI is InChI=1S/C16H18N2O2/c1-16(2)12-18(15(19)20)11-9-13(16)6-5-8-14-7-3-4-10-17-14/h3-4,6-7,10H,9,11-12H2,1-2H3,(H,19,20)/b13-6+. The van der Waals surface area contributed by atoms with Crippen LogP contribution in [0.1, 0.15) is 26.0 Å². The highest BCUT2D eigenvalue weighted by atomic mass is 16.4. The maximum absolute atomic E-state index is 11.0. The third-order valence-corrected chi connectivity index (χ3v) is 3.49. The summed E-state index contributed by atoms with van der Waals surface area (Å²) in [6, 6.07) is 5.62. The number of rotatable bonds is 0. The van der Waals surface area contributed by atoms with Crippen LogP contribution in [0.15, 0.2) is 36.0 Å². The second-order valence-electron chi connectivity index (χ2n) is 5.49. The van der Waals surface area contributed by atoms with Gasteiger partial charge in [-0.3, -0.25) is 0 Å². The molecule has 0 bridgehead atoms. The van der Waals surface area contributed by atoms with Gasteiger partial charge in [0, 0.05) is 24.7 Å². The van der Waals surface area contributed by atoms with Crippen LogP contribution in [0.25, 0.3) is 0 Å². The molecule has 4 heteroatoms. The predicted octanol–water partition coefficient (Wildman–Crippen LogP) is 2.77. The molecule has 2 rings (SSSR count). The molecule has 0 unspecified atom stereocenters.